The Morgan fingerprint density at radius 1 is 1.04 bits per heavy atom. The van der Waals surface area contributed by atoms with Crippen LogP contribution in [-0.2, 0) is 6.54 Å². The maximum Gasteiger partial charge on any atom is 0.267 e. The van der Waals surface area contributed by atoms with Gasteiger partial charge in [0.2, 0.25) is 0 Å². The number of rotatable bonds is 6. The van der Waals surface area contributed by atoms with Crippen molar-refractivity contribution in [1.29, 1.82) is 0 Å². The van der Waals surface area contributed by atoms with Crippen molar-refractivity contribution in [2.45, 2.75) is 39.8 Å². The lowest BCUT2D eigenvalue weighted by Gasteiger charge is -2.18. The number of hydrogen-bond donors (Lipinski definition) is 2. The molecule has 2 aromatic carbocycles. The molecule has 0 unspecified atom stereocenters. The van der Waals surface area contributed by atoms with Gasteiger partial charge in [0.25, 0.3) is 11.5 Å². The van der Waals surface area contributed by atoms with E-state index in [0.29, 0.717) is 23.4 Å². The standard InChI is InChI=1S/C23H26N2O3/c1-15(2)13-14-25-19-12-8-7-11-18(19)21(26)20(23(25)28)22(27)24-16(3)17-9-5-4-6-10-17/h4-12,15-16,26H,13-14H2,1-3H3,(H,24,27)/t16-/m0/s1. The highest BCUT2D eigenvalue weighted by molar-refractivity contribution is 6.02. The third-order valence-electron chi connectivity index (χ3n) is 4.95. The van der Waals surface area contributed by atoms with Gasteiger partial charge < -0.3 is 15.0 Å². The van der Waals surface area contributed by atoms with Crippen LogP contribution in [0.1, 0.15) is 49.2 Å². The van der Waals surface area contributed by atoms with Gasteiger partial charge in [0, 0.05) is 11.9 Å². The molecular formula is C23H26N2O3. The van der Waals surface area contributed by atoms with Gasteiger partial charge in [-0.1, -0.05) is 56.3 Å². The first-order chi connectivity index (χ1) is 13.4. The van der Waals surface area contributed by atoms with E-state index in [9.17, 15) is 14.7 Å². The summed E-state index contributed by atoms with van der Waals surface area (Å²) in [4.78, 5) is 26.0. The van der Waals surface area contributed by atoms with Gasteiger partial charge in [0.1, 0.15) is 11.3 Å². The third-order valence-corrected chi connectivity index (χ3v) is 4.95. The van der Waals surface area contributed by atoms with Crippen LogP contribution >= 0.6 is 0 Å². The van der Waals surface area contributed by atoms with Gasteiger partial charge >= 0.3 is 0 Å². The van der Waals surface area contributed by atoms with Crippen molar-refractivity contribution < 1.29 is 9.90 Å². The monoisotopic (exact) mass is 378 g/mol. The zero-order valence-electron chi connectivity index (χ0n) is 16.5. The molecule has 5 nitrogen and oxygen atoms in total. The molecule has 1 heterocycles. The molecule has 0 bridgehead atoms. The van der Waals surface area contributed by atoms with Crippen molar-refractivity contribution in [3.05, 3.63) is 76.1 Å². The van der Waals surface area contributed by atoms with Gasteiger partial charge in [-0.05, 0) is 37.0 Å². The van der Waals surface area contributed by atoms with Gasteiger partial charge in [-0.3, -0.25) is 9.59 Å². The zero-order chi connectivity index (χ0) is 20.3. The van der Waals surface area contributed by atoms with Gasteiger partial charge in [-0.15, -0.1) is 0 Å². The highest BCUT2D eigenvalue weighted by Gasteiger charge is 2.23. The van der Waals surface area contributed by atoms with E-state index < -0.39 is 11.5 Å². The Kier molecular flexibility index (Phi) is 5.83. The number of carbonyl (C=O) groups is 1. The lowest BCUT2D eigenvalue weighted by molar-refractivity contribution is 0.0935. The molecule has 146 valence electrons. The van der Waals surface area contributed by atoms with Crippen LogP contribution in [0.2, 0.25) is 0 Å². The van der Waals surface area contributed by atoms with E-state index >= 15 is 0 Å². The van der Waals surface area contributed by atoms with Gasteiger partial charge in [0.15, 0.2) is 0 Å². The second-order valence-corrected chi connectivity index (χ2v) is 7.49. The summed E-state index contributed by atoms with van der Waals surface area (Å²) >= 11 is 0. The number of aromatic hydroxyl groups is 1. The highest BCUT2D eigenvalue weighted by atomic mass is 16.3. The minimum atomic E-state index is -0.567. The number of benzene rings is 2. The molecule has 5 heteroatoms. The van der Waals surface area contributed by atoms with E-state index in [1.165, 1.54) is 0 Å². The molecule has 3 aromatic rings. The van der Waals surface area contributed by atoms with E-state index in [0.717, 1.165) is 12.0 Å². The van der Waals surface area contributed by atoms with E-state index in [1.807, 2.05) is 43.3 Å². The van der Waals surface area contributed by atoms with Crippen LogP contribution in [0.15, 0.2) is 59.4 Å². The second kappa shape index (κ2) is 8.30. The lowest BCUT2D eigenvalue weighted by Crippen LogP contribution is -2.35. The molecule has 0 saturated carbocycles. The van der Waals surface area contributed by atoms with Crippen LogP contribution in [0.4, 0.5) is 0 Å². The largest absolute Gasteiger partial charge is 0.506 e. The Bertz CT molecular complexity index is 1040. The van der Waals surface area contributed by atoms with Crippen LogP contribution in [-0.4, -0.2) is 15.6 Å². The number of para-hydroxylation sites is 1. The number of nitrogens with zero attached hydrogens (tertiary/aromatic N) is 1. The zero-order valence-corrected chi connectivity index (χ0v) is 16.5. The molecule has 28 heavy (non-hydrogen) atoms. The molecule has 0 spiro atoms. The van der Waals surface area contributed by atoms with Crippen molar-refractivity contribution in [3.63, 3.8) is 0 Å². The molecule has 0 aliphatic carbocycles. The van der Waals surface area contributed by atoms with Gasteiger partial charge in [-0.25, -0.2) is 0 Å². The summed E-state index contributed by atoms with van der Waals surface area (Å²) < 4.78 is 1.59. The molecule has 0 saturated heterocycles. The molecule has 0 radical (unpaired) electrons. The smallest absolute Gasteiger partial charge is 0.267 e. The van der Waals surface area contributed by atoms with Crippen LogP contribution in [0, 0.1) is 5.92 Å². The maximum absolute atomic E-state index is 13.1. The summed E-state index contributed by atoms with van der Waals surface area (Å²) in [5.41, 5.74) is 0.898. The van der Waals surface area contributed by atoms with Crippen LogP contribution in [0.5, 0.6) is 5.75 Å². The minimum Gasteiger partial charge on any atom is -0.506 e. The minimum absolute atomic E-state index is 0.203. The molecule has 1 aromatic heterocycles. The summed E-state index contributed by atoms with van der Waals surface area (Å²) in [6.45, 7) is 6.51. The van der Waals surface area contributed by atoms with Gasteiger partial charge in [-0.2, -0.15) is 0 Å². The van der Waals surface area contributed by atoms with E-state index in [4.69, 9.17) is 0 Å². The number of aromatic nitrogens is 1. The molecule has 1 atom stereocenters. The summed E-state index contributed by atoms with van der Waals surface area (Å²) in [6.07, 6.45) is 0.802. The second-order valence-electron chi connectivity index (χ2n) is 7.49. The summed E-state index contributed by atoms with van der Waals surface area (Å²) in [5, 5.41) is 14.1. The van der Waals surface area contributed by atoms with Crippen LogP contribution < -0.4 is 10.9 Å². The normalized spacial score (nSPS) is 12.3. The predicted molar refractivity (Wildman–Crippen MR) is 112 cm³/mol. The Labute approximate surface area is 164 Å². The first-order valence-electron chi connectivity index (χ1n) is 9.60. The molecule has 1 amide bonds. The van der Waals surface area contributed by atoms with E-state index in [1.54, 1.807) is 22.8 Å². The average molecular weight is 378 g/mol. The average Bonchev–Trinajstić information content (AvgIpc) is 2.68. The Morgan fingerprint density at radius 2 is 1.68 bits per heavy atom. The third kappa shape index (κ3) is 3.93. The SMILES string of the molecule is CC(C)CCn1c(=O)c(C(=O)N[C@@H](C)c2ccccc2)c(O)c2ccccc21. The summed E-state index contributed by atoms with van der Waals surface area (Å²) in [6, 6.07) is 16.4. The number of fused-ring (bicyclic) bond motifs is 1. The van der Waals surface area contributed by atoms with Crippen molar-refractivity contribution in [2.24, 2.45) is 5.92 Å². The Balaban J connectivity index is 2.04. The van der Waals surface area contributed by atoms with Gasteiger partial charge in [0.05, 0.1) is 11.6 Å². The number of pyridine rings is 1. The molecule has 0 aliphatic heterocycles. The van der Waals surface area contributed by atoms with Crippen LogP contribution in [0.3, 0.4) is 0 Å². The number of hydrogen-bond acceptors (Lipinski definition) is 3. The first-order valence-corrected chi connectivity index (χ1v) is 9.60. The Morgan fingerprint density at radius 3 is 2.36 bits per heavy atom. The topological polar surface area (TPSA) is 71.3 Å². The molecule has 3 rings (SSSR count). The number of carbonyl (C=O) groups excluding carboxylic acids is 1. The molecule has 2 N–H and O–H groups in total. The van der Waals surface area contributed by atoms with Crippen molar-refractivity contribution in [2.75, 3.05) is 0 Å². The number of nitrogens with one attached hydrogen (secondary N) is 1. The molecular weight excluding hydrogens is 352 g/mol. The summed E-state index contributed by atoms with van der Waals surface area (Å²) in [7, 11) is 0. The molecule has 0 fully saturated rings. The fraction of sp³-hybridized carbons (Fsp3) is 0.304. The van der Waals surface area contributed by atoms with Crippen molar-refractivity contribution >= 4 is 16.8 Å². The quantitative estimate of drug-likeness (QED) is 0.674. The molecule has 0 aliphatic rings. The van der Waals surface area contributed by atoms with E-state index in [2.05, 4.69) is 19.2 Å². The fourth-order valence-electron chi connectivity index (χ4n) is 3.30. The fourth-order valence-corrected chi connectivity index (χ4v) is 3.30. The predicted octanol–water partition coefficient (Wildman–Crippen LogP) is 4.24. The highest BCUT2D eigenvalue weighted by Crippen LogP contribution is 2.27. The lowest BCUT2D eigenvalue weighted by atomic mass is 10.1. The number of amides is 1. The Hall–Kier alpha value is -3.08. The van der Waals surface area contributed by atoms with E-state index in [-0.39, 0.29) is 17.4 Å². The number of aryl methyl sites for hydroxylation is 1. The summed E-state index contributed by atoms with van der Waals surface area (Å²) in [5.74, 6) is -0.420. The van der Waals surface area contributed by atoms with Crippen molar-refractivity contribution in [3.8, 4) is 5.75 Å². The van der Waals surface area contributed by atoms with Crippen LogP contribution in [0.25, 0.3) is 10.9 Å². The first kappa shape index (κ1) is 19.7. The maximum atomic E-state index is 13.1. The van der Waals surface area contributed by atoms with Crippen molar-refractivity contribution in [1.82, 2.24) is 9.88 Å².